The summed E-state index contributed by atoms with van der Waals surface area (Å²) in [5.74, 6) is -0.756. The van der Waals surface area contributed by atoms with Crippen LogP contribution in [0.1, 0.15) is 26.0 Å². The standard InChI is InChI=1S/C15H22FN3O2/c1-3-21-14(20)15(2,13-6-5-12(16)11-18-13)19-9-4-7-17-8-10-19/h5-6,11,17H,3-4,7-10H2,1-2H3. The van der Waals surface area contributed by atoms with Crippen molar-refractivity contribution in [3.63, 3.8) is 0 Å². The quantitative estimate of drug-likeness (QED) is 0.849. The van der Waals surface area contributed by atoms with Gasteiger partial charge >= 0.3 is 5.97 Å². The summed E-state index contributed by atoms with van der Waals surface area (Å²) in [6, 6.07) is 2.89. The smallest absolute Gasteiger partial charge is 0.332 e. The summed E-state index contributed by atoms with van der Waals surface area (Å²) in [5, 5.41) is 3.31. The molecule has 0 aliphatic carbocycles. The lowest BCUT2D eigenvalue weighted by atomic mass is 9.94. The van der Waals surface area contributed by atoms with E-state index in [1.807, 2.05) is 0 Å². The first-order valence-electron chi connectivity index (χ1n) is 7.34. The number of ether oxygens (including phenoxy) is 1. The average Bonchev–Trinajstić information content (AvgIpc) is 2.77. The van der Waals surface area contributed by atoms with E-state index in [4.69, 9.17) is 4.74 Å². The lowest BCUT2D eigenvalue weighted by molar-refractivity contribution is -0.158. The molecule has 1 atom stereocenters. The molecule has 0 radical (unpaired) electrons. The van der Waals surface area contributed by atoms with E-state index in [1.54, 1.807) is 19.9 Å². The number of carbonyl (C=O) groups is 1. The largest absolute Gasteiger partial charge is 0.464 e. The van der Waals surface area contributed by atoms with Gasteiger partial charge in [-0.3, -0.25) is 9.88 Å². The highest BCUT2D eigenvalue weighted by atomic mass is 19.1. The summed E-state index contributed by atoms with van der Waals surface area (Å²) in [6.07, 6.45) is 2.08. The summed E-state index contributed by atoms with van der Waals surface area (Å²) in [7, 11) is 0. The van der Waals surface area contributed by atoms with E-state index in [0.717, 1.165) is 32.3 Å². The molecule has 2 rings (SSSR count). The molecule has 0 aromatic carbocycles. The number of pyridine rings is 1. The van der Waals surface area contributed by atoms with Crippen LogP contribution in [0.15, 0.2) is 18.3 Å². The zero-order valence-corrected chi connectivity index (χ0v) is 12.6. The molecule has 0 spiro atoms. The lowest BCUT2D eigenvalue weighted by Gasteiger charge is -2.37. The first kappa shape index (κ1) is 15.9. The first-order valence-corrected chi connectivity index (χ1v) is 7.34. The summed E-state index contributed by atoms with van der Waals surface area (Å²) in [5.41, 5.74) is -0.473. The number of carbonyl (C=O) groups excluding carboxylic acids is 1. The van der Waals surface area contributed by atoms with Crippen molar-refractivity contribution < 1.29 is 13.9 Å². The molecule has 1 aliphatic heterocycles. The number of rotatable bonds is 4. The van der Waals surface area contributed by atoms with Gasteiger partial charge in [0.15, 0.2) is 5.54 Å². The van der Waals surface area contributed by atoms with Crippen molar-refractivity contribution in [2.75, 3.05) is 32.8 Å². The van der Waals surface area contributed by atoms with Crippen LogP contribution in [0.2, 0.25) is 0 Å². The van der Waals surface area contributed by atoms with Crippen molar-refractivity contribution in [3.8, 4) is 0 Å². The highest BCUT2D eigenvalue weighted by molar-refractivity contribution is 5.81. The van der Waals surface area contributed by atoms with Crippen molar-refractivity contribution in [2.45, 2.75) is 25.8 Å². The fraction of sp³-hybridized carbons (Fsp3) is 0.600. The van der Waals surface area contributed by atoms with Crippen LogP contribution in [0.25, 0.3) is 0 Å². The number of hydrogen-bond acceptors (Lipinski definition) is 5. The molecule has 1 aromatic rings. The Hall–Kier alpha value is -1.53. The number of nitrogens with zero attached hydrogens (tertiary/aromatic N) is 2. The normalized spacial score (nSPS) is 19.6. The molecule has 0 amide bonds. The van der Waals surface area contributed by atoms with E-state index < -0.39 is 11.4 Å². The Kier molecular flexibility index (Phi) is 5.25. The van der Waals surface area contributed by atoms with Crippen LogP contribution in [-0.4, -0.2) is 48.6 Å². The van der Waals surface area contributed by atoms with E-state index in [9.17, 15) is 9.18 Å². The Morgan fingerprint density at radius 3 is 2.95 bits per heavy atom. The molecule has 1 saturated heterocycles. The molecule has 0 bridgehead atoms. The van der Waals surface area contributed by atoms with Crippen molar-refractivity contribution >= 4 is 5.97 Å². The Morgan fingerprint density at radius 1 is 1.48 bits per heavy atom. The Balaban J connectivity index is 2.37. The highest BCUT2D eigenvalue weighted by Crippen LogP contribution is 2.29. The van der Waals surface area contributed by atoms with Gasteiger partial charge in [-0.2, -0.15) is 0 Å². The van der Waals surface area contributed by atoms with Crippen LogP contribution in [0.5, 0.6) is 0 Å². The maximum atomic E-state index is 13.1. The summed E-state index contributed by atoms with van der Waals surface area (Å²) < 4.78 is 18.4. The third kappa shape index (κ3) is 3.39. The Bertz CT molecular complexity index is 472. The molecule has 2 heterocycles. The van der Waals surface area contributed by atoms with Gasteiger partial charge in [-0.05, 0) is 38.9 Å². The van der Waals surface area contributed by atoms with Gasteiger partial charge in [0, 0.05) is 19.6 Å². The maximum Gasteiger partial charge on any atom is 0.332 e. The van der Waals surface area contributed by atoms with Gasteiger partial charge < -0.3 is 10.1 Å². The van der Waals surface area contributed by atoms with Gasteiger partial charge in [-0.25, -0.2) is 9.18 Å². The van der Waals surface area contributed by atoms with Crippen LogP contribution in [0.3, 0.4) is 0 Å². The molecule has 116 valence electrons. The summed E-state index contributed by atoms with van der Waals surface area (Å²) in [4.78, 5) is 18.7. The second-order valence-electron chi connectivity index (χ2n) is 5.24. The van der Waals surface area contributed by atoms with Gasteiger partial charge in [0.2, 0.25) is 0 Å². The van der Waals surface area contributed by atoms with Crippen LogP contribution >= 0.6 is 0 Å². The molecule has 1 aliphatic rings. The minimum absolute atomic E-state index is 0.307. The molecule has 1 unspecified atom stereocenters. The van der Waals surface area contributed by atoms with Gasteiger partial charge in [0.1, 0.15) is 5.82 Å². The van der Waals surface area contributed by atoms with E-state index >= 15 is 0 Å². The van der Waals surface area contributed by atoms with Gasteiger partial charge in [0.05, 0.1) is 18.5 Å². The van der Waals surface area contributed by atoms with E-state index in [1.165, 1.54) is 6.07 Å². The van der Waals surface area contributed by atoms with Crippen LogP contribution in [0.4, 0.5) is 4.39 Å². The first-order chi connectivity index (χ1) is 10.1. The average molecular weight is 295 g/mol. The number of nitrogens with one attached hydrogen (secondary N) is 1. The SMILES string of the molecule is CCOC(=O)C(C)(c1ccc(F)cn1)N1CCCNCC1. The van der Waals surface area contributed by atoms with Crippen LogP contribution in [0, 0.1) is 5.82 Å². The van der Waals surface area contributed by atoms with E-state index in [0.29, 0.717) is 18.8 Å². The lowest BCUT2D eigenvalue weighted by Crippen LogP contribution is -2.52. The molecule has 1 N–H and O–H groups in total. The predicted octanol–water partition coefficient (Wildman–Crippen LogP) is 1.29. The molecular formula is C15H22FN3O2. The molecule has 5 nitrogen and oxygen atoms in total. The second kappa shape index (κ2) is 6.95. The van der Waals surface area contributed by atoms with Crippen molar-refractivity contribution in [1.82, 2.24) is 15.2 Å². The number of halogens is 1. The molecule has 1 aromatic heterocycles. The van der Waals surface area contributed by atoms with Crippen molar-refractivity contribution in [2.24, 2.45) is 0 Å². The summed E-state index contributed by atoms with van der Waals surface area (Å²) >= 11 is 0. The molecular weight excluding hydrogens is 273 g/mol. The van der Waals surface area contributed by atoms with E-state index in [-0.39, 0.29) is 5.97 Å². The van der Waals surface area contributed by atoms with Gasteiger partial charge in [0.25, 0.3) is 0 Å². The number of esters is 1. The number of aromatic nitrogens is 1. The minimum Gasteiger partial charge on any atom is -0.464 e. The fourth-order valence-electron chi connectivity index (χ4n) is 2.62. The molecule has 6 heteroatoms. The Morgan fingerprint density at radius 2 is 2.29 bits per heavy atom. The maximum absolute atomic E-state index is 13.1. The number of hydrogen-bond donors (Lipinski definition) is 1. The molecule has 1 fully saturated rings. The predicted molar refractivity (Wildman–Crippen MR) is 77.2 cm³/mol. The van der Waals surface area contributed by atoms with E-state index in [2.05, 4.69) is 15.2 Å². The second-order valence-corrected chi connectivity index (χ2v) is 5.24. The molecule has 0 saturated carbocycles. The third-order valence-corrected chi connectivity index (χ3v) is 3.87. The third-order valence-electron chi connectivity index (χ3n) is 3.87. The zero-order chi connectivity index (χ0) is 15.3. The molecule has 21 heavy (non-hydrogen) atoms. The monoisotopic (exact) mass is 295 g/mol. The highest BCUT2D eigenvalue weighted by Gasteiger charge is 2.43. The minimum atomic E-state index is -0.990. The van der Waals surface area contributed by atoms with Crippen molar-refractivity contribution in [3.05, 3.63) is 29.8 Å². The van der Waals surface area contributed by atoms with Crippen LogP contribution < -0.4 is 5.32 Å². The Labute approximate surface area is 124 Å². The summed E-state index contributed by atoms with van der Waals surface area (Å²) in [6.45, 7) is 7.09. The van der Waals surface area contributed by atoms with Crippen LogP contribution in [-0.2, 0) is 15.1 Å². The van der Waals surface area contributed by atoms with Crippen molar-refractivity contribution in [1.29, 1.82) is 0 Å². The van der Waals surface area contributed by atoms with Gasteiger partial charge in [-0.1, -0.05) is 0 Å². The van der Waals surface area contributed by atoms with Gasteiger partial charge in [-0.15, -0.1) is 0 Å². The topological polar surface area (TPSA) is 54.5 Å². The fourth-order valence-corrected chi connectivity index (χ4v) is 2.62. The zero-order valence-electron chi connectivity index (χ0n) is 12.6.